The van der Waals surface area contributed by atoms with Gasteiger partial charge in [0.05, 0.1) is 24.5 Å². The highest BCUT2D eigenvalue weighted by atomic mass is 32.2. The Morgan fingerprint density at radius 2 is 2.03 bits per heavy atom. The van der Waals surface area contributed by atoms with Gasteiger partial charge in [-0.05, 0) is 37.8 Å². The summed E-state index contributed by atoms with van der Waals surface area (Å²) in [5, 5.41) is 7.12. The summed E-state index contributed by atoms with van der Waals surface area (Å²) < 4.78 is 63.0. The first-order valence-corrected chi connectivity index (χ1v) is 11.3. The third-order valence-electron chi connectivity index (χ3n) is 4.88. The number of sulfonamides is 1. The third-order valence-corrected chi connectivity index (χ3v) is 5.57. The van der Waals surface area contributed by atoms with E-state index in [0.717, 1.165) is 31.9 Å². The van der Waals surface area contributed by atoms with Crippen molar-refractivity contribution in [2.45, 2.75) is 43.6 Å². The number of carbonyl (C=O) groups excluding carboxylic acids is 1. The predicted octanol–water partition coefficient (Wildman–Crippen LogP) is 1.42. The van der Waals surface area contributed by atoms with Gasteiger partial charge >= 0.3 is 12.1 Å². The van der Waals surface area contributed by atoms with E-state index in [9.17, 15) is 26.4 Å². The number of carboxylic acid groups (broad SMARTS) is 1. The van der Waals surface area contributed by atoms with Crippen LogP contribution in [0.3, 0.4) is 0 Å². The Balaban J connectivity index is 0.000000423. The van der Waals surface area contributed by atoms with E-state index in [4.69, 9.17) is 14.6 Å². The molecule has 1 spiro atoms. The minimum atomic E-state index is -5.08. The number of nitrogens with one attached hydrogen (secondary N) is 1. The second kappa shape index (κ2) is 9.92. The Bertz CT molecular complexity index is 881. The number of aliphatic carboxylic acids is 1. The first kappa shape index (κ1) is 25.0. The lowest BCUT2D eigenvalue weighted by Gasteiger charge is -2.38. The summed E-state index contributed by atoms with van der Waals surface area (Å²) in [7, 11) is -3.22. The van der Waals surface area contributed by atoms with Gasteiger partial charge in [-0.2, -0.15) is 13.2 Å². The molecule has 3 heterocycles. The molecule has 2 aliphatic rings. The number of hydrogen-bond acceptors (Lipinski definition) is 6. The second-order valence-corrected chi connectivity index (χ2v) is 9.26. The smallest absolute Gasteiger partial charge is 0.475 e. The van der Waals surface area contributed by atoms with Crippen LogP contribution in [0.5, 0.6) is 0 Å². The molecular formula is C18H24F3N3O6S. The summed E-state index contributed by atoms with van der Waals surface area (Å²) in [6, 6.07) is 5.30. The third kappa shape index (κ3) is 7.74. The molecule has 13 heteroatoms. The van der Waals surface area contributed by atoms with Crippen LogP contribution in [-0.2, 0) is 19.6 Å². The number of pyridine rings is 1. The molecule has 0 bridgehead atoms. The molecule has 2 fully saturated rings. The van der Waals surface area contributed by atoms with Crippen molar-refractivity contribution < 1.29 is 41.0 Å². The first-order valence-electron chi connectivity index (χ1n) is 9.44. The van der Waals surface area contributed by atoms with E-state index in [1.54, 1.807) is 29.3 Å². The number of carbonyl (C=O) groups is 2. The standard InChI is InChI=1S/C16H23N3O4S.C2HF3O2/c1-24(21,22)18-11-13-5-4-7-16(23-13)8-10-19(12-16)15(20)14-6-2-3-9-17-14;3-2(4,5)1(6)7/h2-3,6,9,13,18H,4-5,7-8,10-12H2,1H3;(H,6,7)/t13-,16+;/m0./s1. The molecule has 31 heavy (non-hydrogen) atoms. The van der Waals surface area contributed by atoms with E-state index in [1.807, 2.05) is 0 Å². The summed E-state index contributed by atoms with van der Waals surface area (Å²) in [4.78, 5) is 27.3. The molecule has 1 aromatic rings. The lowest BCUT2D eigenvalue weighted by atomic mass is 9.90. The Morgan fingerprint density at radius 3 is 2.58 bits per heavy atom. The molecule has 0 aromatic carbocycles. The van der Waals surface area contributed by atoms with Gasteiger partial charge in [0.1, 0.15) is 5.69 Å². The van der Waals surface area contributed by atoms with Crippen LogP contribution in [-0.4, -0.2) is 79.1 Å². The highest BCUT2D eigenvalue weighted by Crippen LogP contribution is 2.36. The molecule has 9 nitrogen and oxygen atoms in total. The Labute approximate surface area is 177 Å². The Morgan fingerprint density at radius 1 is 1.35 bits per heavy atom. The van der Waals surface area contributed by atoms with E-state index in [2.05, 4.69) is 9.71 Å². The molecule has 0 unspecified atom stereocenters. The maximum atomic E-state index is 12.5. The summed E-state index contributed by atoms with van der Waals surface area (Å²) in [6.07, 6.45) is 1.02. The number of rotatable bonds is 4. The van der Waals surface area contributed by atoms with E-state index in [-0.39, 0.29) is 24.2 Å². The first-order chi connectivity index (χ1) is 14.3. The van der Waals surface area contributed by atoms with Crippen LogP contribution in [0.2, 0.25) is 0 Å². The largest absolute Gasteiger partial charge is 0.490 e. The highest BCUT2D eigenvalue weighted by Gasteiger charge is 2.44. The van der Waals surface area contributed by atoms with Crippen molar-refractivity contribution in [2.24, 2.45) is 0 Å². The molecule has 2 N–H and O–H groups in total. The van der Waals surface area contributed by atoms with Crippen molar-refractivity contribution in [2.75, 3.05) is 25.9 Å². The van der Waals surface area contributed by atoms with Crippen LogP contribution in [0.15, 0.2) is 24.4 Å². The fourth-order valence-electron chi connectivity index (χ4n) is 3.48. The van der Waals surface area contributed by atoms with Crippen LogP contribution in [0.4, 0.5) is 13.2 Å². The van der Waals surface area contributed by atoms with E-state index >= 15 is 0 Å². The van der Waals surface area contributed by atoms with Gasteiger partial charge in [-0.3, -0.25) is 9.78 Å². The molecule has 1 amide bonds. The molecular weight excluding hydrogens is 443 g/mol. The normalized spacial score (nSPS) is 23.9. The number of ether oxygens (including phenoxy) is 1. The van der Waals surface area contributed by atoms with Gasteiger partial charge in [-0.15, -0.1) is 0 Å². The van der Waals surface area contributed by atoms with Crippen LogP contribution in [0, 0.1) is 0 Å². The molecule has 2 atom stereocenters. The SMILES string of the molecule is CS(=O)(=O)NC[C@@H]1CCC[C@]2(CCN(C(=O)c3ccccn3)C2)O1.O=C(O)C(F)(F)F. The molecule has 0 radical (unpaired) electrons. The summed E-state index contributed by atoms with van der Waals surface area (Å²) in [6.45, 7) is 1.47. The van der Waals surface area contributed by atoms with Crippen molar-refractivity contribution >= 4 is 21.9 Å². The second-order valence-electron chi connectivity index (χ2n) is 7.43. The number of likely N-dealkylation sites (tertiary alicyclic amines) is 1. The van der Waals surface area contributed by atoms with Gasteiger partial charge in [0.25, 0.3) is 5.91 Å². The topological polar surface area (TPSA) is 126 Å². The van der Waals surface area contributed by atoms with Crippen LogP contribution < -0.4 is 4.72 Å². The van der Waals surface area contributed by atoms with Gasteiger partial charge in [0.2, 0.25) is 10.0 Å². The zero-order chi connectivity index (χ0) is 23.3. The van der Waals surface area contributed by atoms with Gasteiger partial charge in [0, 0.05) is 19.3 Å². The van der Waals surface area contributed by atoms with Crippen molar-refractivity contribution in [3.8, 4) is 0 Å². The van der Waals surface area contributed by atoms with Crippen LogP contribution in [0.25, 0.3) is 0 Å². The molecule has 0 aliphatic carbocycles. The number of amides is 1. The maximum Gasteiger partial charge on any atom is 0.490 e. The highest BCUT2D eigenvalue weighted by molar-refractivity contribution is 7.88. The number of carboxylic acids is 1. The van der Waals surface area contributed by atoms with Crippen molar-refractivity contribution in [3.63, 3.8) is 0 Å². The van der Waals surface area contributed by atoms with Gasteiger partial charge in [-0.1, -0.05) is 6.07 Å². The molecule has 2 aliphatic heterocycles. The Hall–Kier alpha value is -2.25. The summed E-state index contributed by atoms with van der Waals surface area (Å²) >= 11 is 0. The quantitative estimate of drug-likeness (QED) is 0.686. The average molecular weight is 467 g/mol. The number of halogens is 3. The van der Waals surface area contributed by atoms with E-state index < -0.39 is 22.2 Å². The molecule has 174 valence electrons. The molecule has 3 rings (SSSR count). The predicted molar refractivity (Wildman–Crippen MR) is 103 cm³/mol. The van der Waals surface area contributed by atoms with Gasteiger partial charge in [0.15, 0.2) is 0 Å². The van der Waals surface area contributed by atoms with Crippen LogP contribution in [0.1, 0.15) is 36.2 Å². The van der Waals surface area contributed by atoms with Gasteiger partial charge in [-0.25, -0.2) is 17.9 Å². The average Bonchev–Trinajstić information content (AvgIpc) is 3.09. The zero-order valence-electron chi connectivity index (χ0n) is 16.8. The molecule has 1 aromatic heterocycles. The van der Waals surface area contributed by atoms with Gasteiger partial charge < -0.3 is 14.7 Å². The van der Waals surface area contributed by atoms with Crippen molar-refractivity contribution in [1.29, 1.82) is 0 Å². The lowest BCUT2D eigenvalue weighted by molar-refractivity contribution is -0.192. The zero-order valence-corrected chi connectivity index (χ0v) is 17.6. The summed E-state index contributed by atoms with van der Waals surface area (Å²) in [5.41, 5.74) is 0.0904. The van der Waals surface area contributed by atoms with Crippen molar-refractivity contribution in [3.05, 3.63) is 30.1 Å². The number of aromatic nitrogens is 1. The van der Waals surface area contributed by atoms with E-state index in [0.29, 0.717) is 18.8 Å². The van der Waals surface area contributed by atoms with Crippen molar-refractivity contribution in [1.82, 2.24) is 14.6 Å². The Kier molecular flexibility index (Phi) is 8.00. The fourth-order valence-corrected chi connectivity index (χ4v) is 3.97. The minimum Gasteiger partial charge on any atom is -0.475 e. The van der Waals surface area contributed by atoms with E-state index in [1.165, 1.54) is 0 Å². The lowest BCUT2D eigenvalue weighted by Crippen LogP contribution is -2.47. The molecule has 2 saturated heterocycles. The maximum absolute atomic E-state index is 12.5. The monoisotopic (exact) mass is 467 g/mol. The summed E-state index contributed by atoms with van der Waals surface area (Å²) in [5.74, 6) is -2.83. The number of alkyl halides is 3. The minimum absolute atomic E-state index is 0.0764. The fraction of sp³-hybridized carbons (Fsp3) is 0.611. The molecule has 0 saturated carbocycles. The van der Waals surface area contributed by atoms with Crippen LogP contribution >= 0.6 is 0 Å². The number of nitrogens with zero attached hydrogens (tertiary/aromatic N) is 2. The number of hydrogen-bond donors (Lipinski definition) is 2.